The molecule has 0 heterocycles. The van der Waals surface area contributed by atoms with Crippen molar-refractivity contribution in [3.8, 4) is 0 Å². The van der Waals surface area contributed by atoms with Crippen molar-refractivity contribution in [2.75, 3.05) is 0 Å². The maximum absolute atomic E-state index is 2.53. The van der Waals surface area contributed by atoms with Crippen LogP contribution in [0.25, 0.3) is 43.1 Å². The molecule has 0 aliphatic carbocycles. The van der Waals surface area contributed by atoms with E-state index < -0.39 is 0 Å². The van der Waals surface area contributed by atoms with Crippen LogP contribution >= 0.6 is 0 Å². The molecule has 36 heavy (non-hydrogen) atoms. The Morgan fingerprint density at radius 3 is 0.806 bits per heavy atom. The van der Waals surface area contributed by atoms with Crippen molar-refractivity contribution in [2.24, 2.45) is 0 Å². The van der Waals surface area contributed by atoms with Crippen molar-refractivity contribution < 1.29 is 0 Å². The third-order valence-corrected chi connectivity index (χ3v) is 9.49. The highest BCUT2D eigenvalue weighted by atomic mass is 14.2. The van der Waals surface area contributed by atoms with E-state index in [1.54, 1.807) is 0 Å². The van der Waals surface area contributed by atoms with E-state index in [-0.39, 0.29) is 0 Å². The van der Waals surface area contributed by atoms with Gasteiger partial charge in [-0.1, -0.05) is 104 Å². The van der Waals surface area contributed by atoms with Gasteiger partial charge in [-0.15, -0.1) is 0 Å². The molecule has 5 rings (SSSR count). The minimum Gasteiger partial charge on any atom is -0.0648 e. The molecule has 0 aliphatic heterocycles. The zero-order valence-corrected chi connectivity index (χ0v) is 23.8. The van der Waals surface area contributed by atoms with Gasteiger partial charge in [-0.05, 0) is 115 Å². The summed E-state index contributed by atoms with van der Waals surface area (Å²) in [6.45, 7) is 18.8. The molecule has 0 nitrogen and oxygen atoms in total. The van der Waals surface area contributed by atoms with Crippen molar-refractivity contribution in [2.45, 2.75) is 105 Å². The minimum atomic E-state index is 0.559. The van der Waals surface area contributed by atoms with E-state index in [1.807, 2.05) is 0 Å². The van der Waals surface area contributed by atoms with Gasteiger partial charge in [-0.2, -0.15) is 0 Å². The largest absolute Gasteiger partial charge is 0.0648 e. The van der Waals surface area contributed by atoms with Crippen molar-refractivity contribution in [3.63, 3.8) is 0 Å². The maximum Gasteiger partial charge on any atom is -0.00260 e. The maximum atomic E-state index is 2.53. The predicted octanol–water partition coefficient (Wildman–Crippen LogP) is 11.8. The van der Waals surface area contributed by atoms with Gasteiger partial charge in [-0.3, -0.25) is 0 Å². The number of hydrogen-bond acceptors (Lipinski definition) is 0. The summed E-state index contributed by atoms with van der Waals surface area (Å²) >= 11 is 0. The molecular weight excluding hydrogens is 432 g/mol. The standard InChI is InChI=1S/C36H44/c1-9-21(5)25-13-29-14-26(22(6)10-2)19-33-34-20-28(24(8)12-4)16-30-15-27(23(7)11-3)18-32(36(30)34)31(17-25)35(29)33/h13-24H,9-12H2,1-8H3. The summed E-state index contributed by atoms with van der Waals surface area (Å²) in [5.74, 6) is 2.24. The summed E-state index contributed by atoms with van der Waals surface area (Å²) in [5.41, 5.74) is 5.92. The van der Waals surface area contributed by atoms with Crippen LogP contribution in [0.5, 0.6) is 0 Å². The zero-order chi connectivity index (χ0) is 25.7. The minimum absolute atomic E-state index is 0.559. The number of hydrogen-bond donors (Lipinski definition) is 0. The van der Waals surface area contributed by atoms with Crippen molar-refractivity contribution >= 4 is 43.1 Å². The van der Waals surface area contributed by atoms with Crippen LogP contribution in [0.2, 0.25) is 0 Å². The molecule has 0 spiro atoms. The lowest BCUT2D eigenvalue weighted by molar-refractivity contribution is 0.732. The van der Waals surface area contributed by atoms with E-state index in [9.17, 15) is 0 Å². The lowest BCUT2D eigenvalue weighted by atomic mass is 9.81. The second-order valence-electron chi connectivity index (χ2n) is 11.7. The Morgan fingerprint density at radius 1 is 0.389 bits per heavy atom. The molecule has 0 N–H and O–H groups in total. The molecule has 5 aromatic carbocycles. The highest BCUT2D eigenvalue weighted by Crippen LogP contribution is 2.45. The van der Waals surface area contributed by atoms with E-state index in [0.29, 0.717) is 23.7 Å². The van der Waals surface area contributed by atoms with E-state index >= 15 is 0 Å². The molecule has 0 aromatic heterocycles. The van der Waals surface area contributed by atoms with Crippen LogP contribution in [-0.2, 0) is 0 Å². The topological polar surface area (TPSA) is 0 Å². The number of benzene rings is 5. The molecule has 0 saturated heterocycles. The van der Waals surface area contributed by atoms with Crippen LogP contribution in [0.3, 0.4) is 0 Å². The molecule has 188 valence electrons. The number of rotatable bonds is 8. The molecule has 5 aromatic rings. The number of fused-ring (bicyclic) bond motifs is 2. The summed E-state index contributed by atoms with van der Waals surface area (Å²) in [4.78, 5) is 0. The fourth-order valence-corrected chi connectivity index (χ4v) is 6.05. The average Bonchev–Trinajstić information content (AvgIpc) is 2.92. The van der Waals surface area contributed by atoms with Gasteiger partial charge in [0.1, 0.15) is 0 Å². The molecule has 0 radical (unpaired) electrons. The van der Waals surface area contributed by atoms with Crippen molar-refractivity contribution in [1.29, 1.82) is 0 Å². The summed E-state index contributed by atoms with van der Waals surface area (Å²) in [6, 6.07) is 20.1. The highest BCUT2D eigenvalue weighted by Gasteiger charge is 2.20. The van der Waals surface area contributed by atoms with Crippen LogP contribution in [0.15, 0.2) is 48.5 Å². The van der Waals surface area contributed by atoms with Gasteiger partial charge in [0.2, 0.25) is 0 Å². The molecule has 0 aliphatic rings. The fourth-order valence-electron chi connectivity index (χ4n) is 6.05. The summed E-state index contributed by atoms with van der Waals surface area (Å²) in [7, 11) is 0. The van der Waals surface area contributed by atoms with Crippen molar-refractivity contribution in [1.82, 2.24) is 0 Å². The molecule has 4 atom stereocenters. The monoisotopic (exact) mass is 476 g/mol. The summed E-state index contributed by atoms with van der Waals surface area (Å²) in [6.07, 6.45) is 4.67. The van der Waals surface area contributed by atoms with E-state index in [1.165, 1.54) is 91.0 Å². The Balaban J connectivity index is 2.05. The summed E-state index contributed by atoms with van der Waals surface area (Å²) in [5, 5.41) is 11.6. The second kappa shape index (κ2) is 9.70. The first-order valence-electron chi connectivity index (χ1n) is 14.5. The first-order chi connectivity index (χ1) is 17.3. The third kappa shape index (κ3) is 3.98. The van der Waals surface area contributed by atoms with Gasteiger partial charge in [0.25, 0.3) is 0 Å². The average molecular weight is 477 g/mol. The second-order valence-corrected chi connectivity index (χ2v) is 11.7. The first-order valence-corrected chi connectivity index (χ1v) is 14.5. The van der Waals surface area contributed by atoms with E-state index in [4.69, 9.17) is 0 Å². The van der Waals surface area contributed by atoms with Crippen LogP contribution in [0.4, 0.5) is 0 Å². The van der Waals surface area contributed by atoms with Crippen LogP contribution in [0.1, 0.15) is 127 Å². The molecule has 0 bridgehead atoms. The summed E-state index contributed by atoms with van der Waals surface area (Å²) < 4.78 is 0. The van der Waals surface area contributed by atoms with E-state index in [0.717, 1.165) is 0 Å². The van der Waals surface area contributed by atoms with Gasteiger partial charge in [-0.25, -0.2) is 0 Å². The van der Waals surface area contributed by atoms with Gasteiger partial charge >= 0.3 is 0 Å². The van der Waals surface area contributed by atoms with Crippen LogP contribution < -0.4 is 0 Å². The smallest absolute Gasteiger partial charge is 0.00260 e. The van der Waals surface area contributed by atoms with Gasteiger partial charge in [0, 0.05) is 0 Å². The SMILES string of the molecule is CCC(C)c1cc2cc(C(C)CC)cc3c4cc(C(C)CC)cc5cc(C(C)CC)cc(c(c1)c23)c54. The normalized spacial score (nSPS) is 15.8. The Bertz CT molecular complexity index is 1310. The Kier molecular flexibility index (Phi) is 6.75. The van der Waals surface area contributed by atoms with Gasteiger partial charge in [0.05, 0.1) is 0 Å². The van der Waals surface area contributed by atoms with Crippen molar-refractivity contribution in [3.05, 3.63) is 70.8 Å². The van der Waals surface area contributed by atoms with E-state index in [2.05, 4.69) is 104 Å². The molecule has 0 saturated carbocycles. The van der Waals surface area contributed by atoms with Crippen LogP contribution in [-0.4, -0.2) is 0 Å². The Labute approximate surface area is 218 Å². The predicted molar refractivity (Wildman–Crippen MR) is 162 cm³/mol. The highest BCUT2D eigenvalue weighted by molar-refractivity contribution is 6.33. The lowest BCUT2D eigenvalue weighted by Gasteiger charge is -2.22. The lowest BCUT2D eigenvalue weighted by Crippen LogP contribution is -1.99. The molecule has 4 unspecified atom stereocenters. The molecule has 0 amide bonds. The Hall–Kier alpha value is -2.60. The zero-order valence-electron chi connectivity index (χ0n) is 23.8. The van der Waals surface area contributed by atoms with Crippen LogP contribution in [0, 0.1) is 0 Å². The Morgan fingerprint density at radius 2 is 0.611 bits per heavy atom. The molecule has 0 heteroatoms. The molecular formula is C36H44. The molecule has 0 fully saturated rings. The third-order valence-electron chi connectivity index (χ3n) is 9.49. The fraction of sp³-hybridized carbons (Fsp3) is 0.444. The first kappa shape index (κ1) is 25.1. The quantitative estimate of drug-likeness (QED) is 0.154. The van der Waals surface area contributed by atoms with Gasteiger partial charge in [0.15, 0.2) is 0 Å². The van der Waals surface area contributed by atoms with Gasteiger partial charge < -0.3 is 0 Å².